The molecule has 0 saturated heterocycles. The summed E-state index contributed by atoms with van der Waals surface area (Å²) >= 11 is 0. The van der Waals surface area contributed by atoms with Gasteiger partial charge in [0.15, 0.2) is 0 Å². The summed E-state index contributed by atoms with van der Waals surface area (Å²) in [7, 11) is 1.63. The van der Waals surface area contributed by atoms with E-state index in [-0.39, 0.29) is 6.10 Å². The number of nitrogens with one attached hydrogen (secondary N) is 3. The first-order chi connectivity index (χ1) is 12.3. The maximum absolute atomic E-state index is 5.62. The molecule has 1 aliphatic rings. The molecule has 128 valence electrons. The molecule has 1 aliphatic heterocycles. The molecular weight excluding hydrogens is 322 g/mol. The topological polar surface area (TPSA) is 109 Å². The van der Waals surface area contributed by atoms with Gasteiger partial charge in [-0.2, -0.15) is 4.98 Å². The lowest BCUT2D eigenvalue weighted by Gasteiger charge is -2.10. The summed E-state index contributed by atoms with van der Waals surface area (Å²) in [6.45, 7) is 1.06. The molecule has 1 atom stereocenters. The number of aromatic amines is 1. The van der Waals surface area contributed by atoms with Crippen molar-refractivity contribution in [2.45, 2.75) is 6.10 Å². The summed E-state index contributed by atoms with van der Waals surface area (Å²) in [5.41, 5.74) is 1.81. The third-order valence-electron chi connectivity index (χ3n) is 3.58. The first-order valence-corrected chi connectivity index (χ1v) is 7.82. The summed E-state index contributed by atoms with van der Waals surface area (Å²) in [5.74, 6) is 1.56. The average molecular weight is 339 g/mol. The molecular formula is C16H17N7O2. The van der Waals surface area contributed by atoms with Crippen LogP contribution >= 0.6 is 0 Å². The fraction of sp³-hybridized carbons (Fsp3) is 0.250. The van der Waals surface area contributed by atoms with Gasteiger partial charge in [-0.15, -0.1) is 0 Å². The van der Waals surface area contributed by atoms with Gasteiger partial charge in [-0.05, 0) is 18.2 Å². The summed E-state index contributed by atoms with van der Waals surface area (Å²) in [4.78, 5) is 20.5. The Labute approximate surface area is 143 Å². The lowest BCUT2D eigenvalue weighted by atomic mass is 10.3. The smallest absolute Gasteiger partial charge is 0.290 e. The number of para-hydroxylation sites is 2. The minimum absolute atomic E-state index is 0.0671. The Morgan fingerprint density at radius 3 is 3.04 bits per heavy atom. The predicted octanol–water partition coefficient (Wildman–Crippen LogP) is 1.91. The second kappa shape index (κ2) is 6.73. The monoisotopic (exact) mass is 339 g/mol. The van der Waals surface area contributed by atoms with Gasteiger partial charge in [-0.1, -0.05) is 12.1 Å². The number of fused-ring (bicyclic) bond motifs is 1. The molecule has 0 radical (unpaired) electrons. The first-order valence-electron chi connectivity index (χ1n) is 7.82. The molecule has 1 unspecified atom stereocenters. The quantitative estimate of drug-likeness (QED) is 0.651. The lowest BCUT2D eigenvalue weighted by molar-refractivity contribution is 0.0913. The summed E-state index contributed by atoms with van der Waals surface area (Å²) in [6, 6.07) is 9.94. The second-order valence-electron chi connectivity index (χ2n) is 5.46. The Morgan fingerprint density at radius 1 is 1.24 bits per heavy atom. The molecule has 0 spiro atoms. The molecule has 1 aromatic carbocycles. The zero-order valence-electron chi connectivity index (χ0n) is 13.6. The van der Waals surface area contributed by atoms with Crippen LogP contribution < -0.4 is 10.6 Å². The maximum Gasteiger partial charge on any atom is 0.290 e. The number of rotatable bonds is 5. The van der Waals surface area contributed by atoms with Crippen LogP contribution in [0.3, 0.4) is 0 Å². The molecule has 2 aromatic heterocycles. The summed E-state index contributed by atoms with van der Waals surface area (Å²) in [5, 5.41) is 6.09. The van der Waals surface area contributed by atoms with Crippen LogP contribution in [0.25, 0.3) is 11.0 Å². The molecule has 9 heteroatoms. The maximum atomic E-state index is 5.62. The summed E-state index contributed by atoms with van der Waals surface area (Å²) < 4.78 is 10.7. The van der Waals surface area contributed by atoms with E-state index >= 15 is 0 Å². The zero-order chi connectivity index (χ0) is 17.1. The lowest BCUT2D eigenvalue weighted by Crippen LogP contribution is -2.22. The van der Waals surface area contributed by atoms with Gasteiger partial charge in [0.2, 0.25) is 11.9 Å². The van der Waals surface area contributed by atoms with Crippen molar-refractivity contribution in [2.24, 2.45) is 4.99 Å². The predicted molar refractivity (Wildman–Crippen MR) is 94.1 cm³/mol. The van der Waals surface area contributed by atoms with Crippen molar-refractivity contribution in [3.05, 3.63) is 36.5 Å². The highest BCUT2D eigenvalue weighted by Gasteiger charge is 2.20. The normalized spacial score (nSPS) is 16.5. The van der Waals surface area contributed by atoms with Crippen molar-refractivity contribution >= 4 is 34.8 Å². The summed E-state index contributed by atoms with van der Waals surface area (Å²) in [6.07, 6.45) is 1.57. The third kappa shape index (κ3) is 3.50. The van der Waals surface area contributed by atoms with E-state index < -0.39 is 0 Å². The number of anilines is 3. The van der Waals surface area contributed by atoms with E-state index in [0.29, 0.717) is 36.9 Å². The third-order valence-corrected chi connectivity index (χ3v) is 3.58. The van der Waals surface area contributed by atoms with Gasteiger partial charge in [0.25, 0.3) is 6.02 Å². The number of amidine groups is 1. The number of imidazole rings is 1. The minimum atomic E-state index is -0.0671. The first kappa shape index (κ1) is 15.3. The largest absolute Gasteiger partial charge is 0.457 e. The molecule has 25 heavy (non-hydrogen) atoms. The average Bonchev–Trinajstić information content (AvgIpc) is 3.21. The number of aromatic nitrogens is 4. The highest BCUT2D eigenvalue weighted by Crippen LogP contribution is 2.17. The molecule has 0 aliphatic carbocycles. The van der Waals surface area contributed by atoms with Gasteiger partial charge in [0.1, 0.15) is 11.9 Å². The van der Waals surface area contributed by atoms with E-state index in [0.717, 1.165) is 11.0 Å². The van der Waals surface area contributed by atoms with Gasteiger partial charge in [0, 0.05) is 13.3 Å². The number of nitrogens with zero attached hydrogens (tertiary/aromatic N) is 4. The molecule has 3 aromatic rings. The van der Waals surface area contributed by atoms with E-state index in [2.05, 4.69) is 35.6 Å². The Bertz CT molecular complexity index is 875. The number of aliphatic imine (C=N–C) groups is 1. The van der Waals surface area contributed by atoms with E-state index in [1.165, 1.54) is 0 Å². The van der Waals surface area contributed by atoms with Crippen molar-refractivity contribution in [1.29, 1.82) is 0 Å². The van der Waals surface area contributed by atoms with Crippen molar-refractivity contribution in [3.63, 3.8) is 0 Å². The fourth-order valence-electron chi connectivity index (χ4n) is 2.47. The van der Waals surface area contributed by atoms with Gasteiger partial charge < -0.3 is 14.5 Å². The van der Waals surface area contributed by atoms with Crippen LogP contribution in [0.4, 0.5) is 17.7 Å². The minimum Gasteiger partial charge on any atom is -0.457 e. The van der Waals surface area contributed by atoms with Gasteiger partial charge in [-0.3, -0.25) is 10.6 Å². The van der Waals surface area contributed by atoms with Crippen molar-refractivity contribution in [1.82, 2.24) is 19.9 Å². The van der Waals surface area contributed by atoms with Crippen molar-refractivity contribution in [3.8, 4) is 0 Å². The van der Waals surface area contributed by atoms with Crippen LogP contribution in [-0.4, -0.2) is 52.3 Å². The van der Waals surface area contributed by atoms with Gasteiger partial charge in [0.05, 0.1) is 24.2 Å². The van der Waals surface area contributed by atoms with Crippen molar-refractivity contribution < 1.29 is 9.47 Å². The Morgan fingerprint density at radius 2 is 2.16 bits per heavy atom. The number of methoxy groups -OCH3 is 1. The Kier molecular flexibility index (Phi) is 4.13. The van der Waals surface area contributed by atoms with Crippen LogP contribution in [0.1, 0.15) is 0 Å². The molecule has 9 nitrogen and oxygen atoms in total. The molecule has 4 rings (SSSR count). The van der Waals surface area contributed by atoms with Crippen LogP contribution in [0, 0.1) is 0 Å². The number of H-pyrrole nitrogens is 1. The Hall–Kier alpha value is -3.20. The van der Waals surface area contributed by atoms with Crippen LogP contribution in [0.5, 0.6) is 0 Å². The van der Waals surface area contributed by atoms with Gasteiger partial charge >= 0.3 is 0 Å². The Balaban J connectivity index is 1.44. The number of ether oxygens (including phenoxy) is 2. The van der Waals surface area contributed by atoms with Gasteiger partial charge in [-0.25, -0.2) is 15.0 Å². The highest BCUT2D eigenvalue weighted by atomic mass is 16.5. The van der Waals surface area contributed by atoms with Crippen LogP contribution in [0.15, 0.2) is 41.5 Å². The van der Waals surface area contributed by atoms with E-state index in [1.54, 1.807) is 19.4 Å². The molecule has 0 fully saturated rings. The number of benzene rings is 1. The van der Waals surface area contributed by atoms with E-state index in [4.69, 9.17) is 9.47 Å². The zero-order valence-corrected chi connectivity index (χ0v) is 13.6. The molecule has 0 saturated carbocycles. The molecule has 0 bridgehead atoms. The SMILES string of the molecule is COCC1CN=C(Nc2ccnc(Nc3nc4ccccc4[nH]3)n2)O1. The highest BCUT2D eigenvalue weighted by molar-refractivity contribution is 5.89. The molecule has 3 N–H and O–H groups in total. The fourth-order valence-corrected chi connectivity index (χ4v) is 2.47. The number of hydrogen-bond acceptors (Lipinski definition) is 8. The molecule has 0 amide bonds. The van der Waals surface area contributed by atoms with Crippen LogP contribution in [0.2, 0.25) is 0 Å². The standard InChI is InChI=1S/C16H17N7O2/c1-24-9-10-8-18-16(25-10)22-13-6-7-17-14(21-13)23-15-19-11-4-2-3-5-12(11)20-15/h2-7,10H,8-9H2,1H3,(H3,17,18,19,20,21,22,23). The molecule has 3 heterocycles. The van der Waals surface area contributed by atoms with E-state index in [1.807, 2.05) is 24.3 Å². The van der Waals surface area contributed by atoms with Crippen molar-refractivity contribution in [2.75, 3.05) is 30.9 Å². The van der Waals surface area contributed by atoms with Crippen LogP contribution in [-0.2, 0) is 9.47 Å². The van der Waals surface area contributed by atoms with E-state index in [9.17, 15) is 0 Å². The second-order valence-corrected chi connectivity index (χ2v) is 5.46. The number of hydrogen-bond donors (Lipinski definition) is 3.